The van der Waals surface area contributed by atoms with Gasteiger partial charge >= 0.3 is 0 Å². The van der Waals surface area contributed by atoms with E-state index in [4.69, 9.17) is 4.74 Å². The number of aromatic nitrogens is 2. The van der Waals surface area contributed by atoms with E-state index >= 15 is 0 Å². The lowest BCUT2D eigenvalue weighted by Gasteiger charge is -2.14. The fourth-order valence-electron chi connectivity index (χ4n) is 2.70. The van der Waals surface area contributed by atoms with E-state index in [1.54, 1.807) is 32.7 Å². The molecule has 1 unspecified atom stereocenters. The lowest BCUT2D eigenvalue weighted by molar-refractivity contribution is 0.414. The first-order valence-electron chi connectivity index (χ1n) is 7.90. The fraction of sp³-hybridized carbons (Fsp3) is 0.471. The molecule has 0 aliphatic heterocycles. The summed E-state index contributed by atoms with van der Waals surface area (Å²) < 4.78 is 34.7. The van der Waals surface area contributed by atoms with Crippen LogP contribution in [0.4, 0.5) is 0 Å². The highest BCUT2D eigenvalue weighted by molar-refractivity contribution is 7.89. The maximum absolute atomic E-state index is 12.6. The first kappa shape index (κ1) is 18.5. The van der Waals surface area contributed by atoms with Crippen molar-refractivity contribution in [2.45, 2.75) is 44.6 Å². The molecule has 0 aliphatic rings. The second kappa shape index (κ2) is 7.36. The number of nitrogens with one attached hydrogen (secondary N) is 1. The molecule has 0 saturated heterocycles. The number of hydrogen-bond acceptors (Lipinski definition) is 4. The van der Waals surface area contributed by atoms with E-state index in [1.165, 1.54) is 0 Å². The third kappa shape index (κ3) is 4.15. The van der Waals surface area contributed by atoms with E-state index in [1.807, 2.05) is 31.2 Å². The van der Waals surface area contributed by atoms with E-state index in [0.717, 1.165) is 17.7 Å². The number of ether oxygens (including phenoxy) is 1. The van der Waals surface area contributed by atoms with Gasteiger partial charge in [0.05, 0.1) is 18.5 Å². The number of hydrogen-bond donors (Lipinski definition) is 1. The quantitative estimate of drug-likeness (QED) is 0.831. The van der Waals surface area contributed by atoms with Crippen molar-refractivity contribution < 1.29 is 13.2 Å². The lowest BCUT2D eigenvalue weighted by atomic mass is 10.1. The Morgan fingerprint density at radius 2 is 1.88 bits per heavy atom. The highest BCUT2D eigenvalue weighted by atomic mass is 32.2. The Labute approximate surface area is 143 Å². The molecule has 0 saturated carbocycles. The topological polar surface area (TPSA) is 73.2 Å². The number of sulfonamides is 1. The summed E-state index contributed by atoms with van der Waals surface area (Å²) in [7, 11) is -0.191. The maximum Gasteiger partial charge on any atom is 0.244 e. The largest absolute Gasteiger partial charge is 0.497 e. The smallest absolute Gasteiger partial charge is 0.244 e. The summed E-state index contributed by atoms with van der Waals surface area (Å²) in [4.78, 5) is 0.279. The molecule has 0 fully saturated rings. The van der Waals surface area contributed by atoms with Crippen molar-refractivity contribution >= 4 is 10.0 Å². The first-order chi connectivity index (χ1) is 11.2. The minimum atomic E-state index is -3.57. The van der Waals surface area contributed by atoms with Crippen molar-refractivity contribution in [2.75, 3.05) is 7.11 Å². The van der Waals surface area contributed by atoms with Gasteiger partial charge in [0.15, 0.2) is 0 Å². The molecule has 0 amide bonds. The molecule has 0 radical (unpaired) electrons. The highest BCUT2D eigenvalue weighted by Crippen LogP contribution is 2.19. The second-order valence-electron chi connectivity index (χ2n) is 6.03. The second-order valence-corrected chi connectivity index (χ2v) is 7.68. The zero-order valence-electron chi connectivity index (χ0n) is 14.8. The van der Waals surface area contributed by atoms with E-state index in [-0.39, 0.29) is 10.9 Å². The third-order valence-corrected chi connectivity index (χ3v) is 5.93. The number of aryl methyl sites for hydroxylation is 3. The molecule has 0 bridgehead atoms. The van der Waals surface area contributed by atoms with Crippen LogP contribution in [0.5, 0.6) is 5.75 Å². The highest BCUT2D eigenvalue weighted by Gasteiger charge is 2.25. The van der Waals surface area contributed by atoms with Crippen LogP contribution in [0, 0.1) is 13.8 Å². The molecule has 132 valence electrons. The molecule has 1 N–H and O–H groups in total. The Balaban J connectivity index is 2.01. The van der Waals surface area contributed by atoms with Crippen LogP contribution in [0.3, 0.4) is 0 Å². The van der Waals surface area contributed by atoms with Gasteiger partial charge in [-0.3, -0.25) is 4.68 Å². The standard InChI is InChI=1S/C17H25N3O3S/c1-12(6-7-15-8-10-16(23-5)11-9-15)19-24(21,22)17-13(2)18-20(4)14(17)3/h8-12,19H,6-7H2,1-5H3. The molecule has 1 aromatic carbocycles. The summed E-state index contributed by atoms with van der Waals surface area (Å²) in [5.74, 6) is 0.815. The number of methoxy groups -OCH3 is 1. The van der Waals surface area contributed by atoms with E-state index in [0.29, 0.717) is 17.8 Å². The molecule has 24 heavy (non-hydrogen) atoms. The minimum absolute atomic E-state index is 0.170. The average Bonchev–Trinajstić information content (AvgIpc) is 2.78. The summed E-state index contributed by atoms with van der Waals surface area (Å²) in [5.41, 5.74) is 2.31. The van der Waals surface area contributed by atoms with Crippen LogP contribution in [0.15, 0.2) is 29.2 Å². The predicted octanol–water partition coefficient (Wildman–Crippen LogP) is 2.35. The monoisotopic (exact) mass is 351 g/mol. The van der Waals surface area contributed by atoms with Crippen molar-refractivity contribution in [3.63, 3.8) is 0 Å². The molecule has 2 rings (SSSR count). The van der Waals surface area contributed by atoms with Crippen molar-refractivity contribution in [2.24, 2.45) is 7.05 Å². The number of rotatable bonds is 7. The van der Waals surface area contributed by atoms with Crippen LogP contribution in [-0.2, 0) is 23.5 Å². The summed E-state index contributed by atoms with van der Waals surface area (Å²) >= 11 is 0. The Morgan fingerprint density at radius 3 is 2.38 bits per heavy atom. The van der Waals surface area contributed by atoms with Gasteiger partial charge in [-0.25, -0.2) is 13.1 Å². The average molecular weight is 351 g/mol. The van der Waals surface area contributed by atoms with E-state index in [2.05, 4.69) is 9.82 Å². The van der Waals surface area contributed by atoms with Crippen LogP contribution in [-0.4, -0.2) is 31.3 Å². The lowest BCUT2D eigenvalue weighted by Crippen LogP contribution is -2.33. The van der Waals surface area contributed by atoms with Gasteiger partial charge in [0.25, 0.3) is 0 Å². The minimum Gasteiger partial charge on any atom is -0.497 e. The molecule has 0 aliphatic carbocycles. The van der Waals surface area contributed by atoms with Crippen molar-refractivity contribution in [3.8, 4) is 5.75 Å². The molecule has 1 heterocycles. The molecule has 1 atom stereocenters. The summed E-state index contributed by atoms with van der Waals surface area (Å²) in [6, 6.07) is 7.64. The van der Waals surface area contributed by atoms with Gasteiger partial charge in [0.2, 0.25) is 10.0 Å². The molecule has 0 spiro atoms. The van der Waals surface area contributed by atoms with Gasteiger partial charge in [0.1, 0.15) is 10.6 Å². The van der Waals surface area contributed by atoms with Crippen LogP contribution in [0.2, 0.25) is 0 Å². The van der Waals surface area contributed by atoms with E-state index < -0.39 is 10.0 Å². The Bertz CT molecular complexity index is 795. The normalized spacial score (nSPS) is 13.0. The zero-order chi connectivity index (χ0) is 17.9. The van der Waals surface area contributed by atoms with E-state index in [9.17, 15) is 8.42 Å². The fourth-order valence-corrected chi connectivity index (χ4v) is 4.42. The molecule has 6 nitrogen and oxygen atoms in total. The van der Waals surface area contributed by atoms with Crippen molar-refractivity contribution in [3.05, 3.63) is 41.2 Å². The number of nitrogens with zero attached hydrogens (tertiary/aromatic N) is 2. The number of benzene rings is 1. The van der Waals surface area contributed by atoms with Crippen LogP contribution >= 0.6 is 0 Å². The SMILES string of the molecule is COc1ccc(CCC(C)NS(=O)(=O)c2c(C)nn(C)c2C)cc1. The van der Waals surface area contributed by atoms with Gasteiger partial charge in [0, 0.05) is 13.1 Å². The molecular formula is C17H25N3O3S. The first-order valence-corrected chi connectivity index (χ1v) is 9.38. The third-order valence-electron chi connectivity index (χ3n) is 4.09. The van der Waals surface area contributed by atoms with Crippen LogP contribution in [0.25, 0.3) is 0 Å². The van der Waals surface area contributed by atoms with Gasteiger partial charge in [-0.2, -0.15) is 5.10 Å². The molecule has 2 aromatic rings. The molecular weight excluding hydrogens is 326 g/mol. The predicted molar refractivity (Wildman–Crippen MR) is 93.8 cm³/mol. The Hall–Kier alpha value is -1.86. The summed E-state index contributed by atoms with van der Waals surface area (Å²) in [6.07, 6.45) is 1.50. The van der Waals surface area contributed by atoms with Crippen molar-refractivity contribution in [1.82, 2.24) is 14.5 Å². The van der Waals surface area contributed by atoms with Gasteiger partial charge < -0.3 is 4.74 Å². The van der Waals surface area contributed by atoms with Crippen LogP contribution in [0.1, 0.15) is 30.3 Å². The van der Waals surface area contributed by atoms with Gasteiger partial charge in [-0.1, -0.05) is 12.1 Å². The summed E-state index contributed by atoms with van der Waals surface area (Å²) in [5, 5.41) is 4.18. The van der Waals surface area contributed by atoms with Gasteiger partial charge in [-0.15, -0.1) is 0 Å². The maximum atomic E-state index is 12.6. The van der Waals surface area contributed by atoms with Gasteiger partial charge in [-0.05, 0) is 51.3 Å². The Morgan fingerprint density at radius 1 is 1.25 bits per heavy atom. The van der Waals surface area contributed by atoms with Crippen LogP contribution < -0.4 is 9.46 Å². The molecule has 1 aromatic heterocycles. The Kier molecular flexibility index (Phi) is 5.66. The summed E-state index contributed by atoms with van der Waals surface area (Å²) in [6.45, 7) is 5.35. The van der Waals surface area contributed by atoms with Crippen molar-refractivity contribution in [1.29, 1.82) is 0 Å². The molecule has 7 heteroatoms. The zero-order valence-corrected chi connectivity index (χ0v) is 15.6.